The fraction of sp³-hybridized carbons (Fsp3) is 0.261. The number of rotatable bonds is 7. The summed E-state index contributed by atoms with van der Waals surface area (Å²) in [5, 5.41) is 9.59. The summed E-state index contributed by atoms with van der Waals surface area (Å²) in [6, 6.07) is 12.1. The van der Waals surface area contributed by atoms with E-state index in [9.17, 15) is 14.4 Å². The molecule has 32 heavy (non-hydrogen) atoms. The van der Waals surface area contributed by atoms with Crippen LogP contribution in [0.2, 0.25) is 0 Å². The van der Waals surface area contributed by atoms with Crippen LogP contribution in [0.4, 0.5) is 0 Å². The second kappa shape index (κ2) is 8.26. The monoisotopic (exact) mass is 430 g/mol. The number of nitrogens with one attached hydrogen (secondary N) is 2. The van der Waals surface area contributed by atoms with Gasteiger partial charge in [-0.25, -0.2) is 9.67 Å². The Bertz CT molecular complexity index is 1150. The number of benzene rings is 1. The van der Waals surface area contributed by atoms with Crippen molar-refractivity contribution < 1.29 is 14.4 Å². The summed E-state index contributed by atoms with van der Waals surface area (Å²) < 4.78 is 1.65. The second-order valence-corrected chi connectivity index (χ2v) is 7.90. The molecule has 9 heteroatoms. The molecular weight excluding hydrogens is 408 g/mol. The lowest BCUT2D eigenvalue weighted by atomic mass is 10.0. The highest BCUT2D eigenvalue weighted by molar-refractivity contribution is 6.05. The Kier molecular flexibility index (Phi) is 5.14. The quantitative estimate of drug-likeness (QED) is 0.588. The van der Waals surface area contributed by atoms with Crippen LogP contribution in [0.1, 0.15) is 40.4 Å². The van der Waals surface area contributed by atoms with Crippen molar-refractivity contribution in [3.05, 3.63) is 77.7 Å². The molecule has 0 saturated heterocycles. The molecule has 3 amide bonds. The van der Waals surface area contributed by atoms with Crippen LogP contribution in [-0.2, 0) is 16.1 Å². The van der Waals surface area contributed by atoms with Crippen molar-refractivity contribution in [2.24, 2.45) is 0 Å². The average molecular weight is 430 g/mol. The van der Waals surface area contributed by atoms with E-state index in [2.05, 4.69) is 20.7 Å². The lowest BCUT2D eigenvalue weighted by molar-refractivity contribution is -0.129. The van der Waals surface area contributed by atoms with Gasteiger partial charge in [-0.3, -0.25) is 14.4 Å². The Labute approximate surface area is 184 Å². The van der Waals surface area contributed by atoms with Gasteiger partial charge in [0.2, 0.25) is 11.8 Å². The smallest absolute Gasteiger partial charge is 0.255 e. The third-order valence-corrected chi connectivity index (χ3v) is 5.65. The standard InChI is InChI=1S/C23H22N6O3/c30-20(25-13-15-6-9-19(24-12-15)28-11-3-10-27-28)14-26-22(31)21-17-4-1-2-5-18(17)23(32)29(21)16-7-8-16/h1-6,9-12,16,21H,7-8,13-14H2,(H,25,30)(H,26,31). The minimum atomic E-state index is -0.682. The number of nitrogens with zero attached hydrogens (tertiary/aromatic N) is 4. The van der Waals surface area contributed by atoms with Gasteiger partial charge in [-0.2, -0.15) is 5.10 Å². The van der Waals surface area contributed by atoms with E-state index in [0.29, 0.717) is 23.5 Å². The molecule has 2 N–H and O–H groups in total. The summed E-state index contributed by atoms with van der Waals surface area (Å²) in [5.41, 5.74) is 2.09. The predicted octanol–water partition coefficient (Wildman–Crippen LogP) is 1.36. The molecule has 0 spiro atoms. The van der Waals surface area contributed by atoms with Crippen LogP contribution < -0.4 is 10.6 Å². The van der Waals surface area contributed by atoms with E-state index in [4.69, 9.17) is 0 Å². The van der Waals surface area contributed by atoms with Crippen molar-refractivity contribution in [2.75, 3.05) is 6.54 Å². The van der Waals surface area contributed by atoms with Crippen molar-refractivity contribution in [3.63, 3.8) is 0 Å². The molecule has 1 aliphatic carbocycles. The lowest BCUT2D eigenvalue weighted by Gasteiger charge is -2.24. The zero-order valence-corrected chi connectivity index (χ0v) is 17.3. The number of fused-ring (bicyclic) bond motifs is 1. The molecule has 1 unspecified atom stereocenters. The fourth-order valence-corrected chi connectivity index (χ4v) is 3.92. The molecule has 0 radical (unpaired) electrons. The predicted molar refractivity (Wildman–Crippen MR) is 115 cm³/mol. The summed E-state index contributed by atoms with van der Waals surface area (Å²) >= 11 is 0. The van der Waals surface area contributed by atoms with E-state index in [1.165, 1.54) is 0 Å². The largest absolute Gasteiger partial charge is 0.350 e. The van der Waals surface area contributed by atoms with E-state index in [-0.39, 0.29) is 30.3 Å². The zero-order valence-electron chi connectivity index (χ0n) is 17.3. The van der Waals surface area contributed by atoms with Gasteiger partial charge in [0.1, 0.15) is 6.04 Å². The molecule has 5 rings (SSSR count). The zero-order chi connectivity index (χ0) is 22.1. The molecule has 162 valence electrons. The van der Waals surface area contributed by atoms with Crippen LogP contribution in [0, 0.1) is 0 Å². The maximum atomic E-state index is 12.9. The molecule has 3 aromatic rings. The number of hydrogen-bond donors (Lipinski definition) is 2. The Hall–Kier alpha value is -4.01. The van der Waals surface area contributed by atoms with Crippen molar-refractivity contribution in [2.45, 2.75) is 31.5 Å². The Morgan fingerprint density at radius 2 is 1.91 bits per heavy atom. The van der Waals surface area contributed by atoms with Gasteiger partial charge in [-0.1, -0.05) is 24.3 Å². The first-order valence-electron chi connectivity index (χ1n) is 10.5. The van der Waals surface area contributed by atoms with Crippen LogP contribution in [0.15, 0.2) is 61.1 Å². The molecule has 2 aliphatic rings. The first kappa shape index (κ1) is 19.9. The summed E-state index contributed by atoms with van der Waals surface area (Å²) in [6.07, 6.45) is 6.94. The molecule has 0 bridgehead atoms. The van der Waals surface area contributed by atoms with Gasteiger partial charge >= 0.3 is 0 Å². The van der Waals surface area contributed by atoms with Crippen LogP contribution in [0.3, 0.4) is 0 Å². The SMILES string of the molecule is O=C(CNC(=O)C1c2ccccc2C(=O)N1C1CC1)NCc1ccc(-n2cccn2)nc1. The van der Waals surface area contributed by atoms with Crippen molar-refractivity contribution in [1.82, 2.24) is 30.3 Å². The van der Waals surface area contributed by atoms with Gasteiger partial charge < -0.3 is 15.5 Å². The highest BCUT2D eigenvalue weighted by atomic mass is 16.2. The first-order valence-corrected chi connectivity index (χ1v) is 10.5. The van der Waals surface area contributed by atoms with Crippen molar-refractivity contribution in [1.29, 1.82) is 0 Å². The van der Waals surface area contributed by atoms with E-state index >= 15 is 0 Å². The Morgan fingerprint density at radius 1 is 1.06 bits per heavy atom. The van der Waals surface area contributed by atoms with E-state index < -0.39 is 6.04 Å². The Balaban J connectivity index is 1.16. The summed E-state index contributed by atoms with van der Waals surface area (Å²) in [6.45, 7) is 0.128. The molecular formula is C23H22N6O3. The minimum absolute atomic E-state index is 0.0942. The maximum absolute atomic E-state index is 12.9. The lowest BCUT2D eigenvalue weighted by Crippen LogP contribution is -2.43. The highest BCUT2D eigenvalue weighted by Crippen LogP contribution is 2.41. The minimum Gasteiger partial charge on any atom is -0.350 e. The summed E-state index contributed by atoms with van der Waals surface area (Å²) in [4.78, 5) is 43.9. The molecule has 9 nitrogen and oxygen atoms in total. The number of carbonyl (C=O) groups is 3. The van der Waals surface area contributed by atoms with Gasteiger partial charge in [0.05, 0.1) is 6.54 Å². The van der Waals surface area contributed by atoms with Gasteiger partial charge in [-0.05, 0) is 42.2 Å². The maximum Gasteiger partial charge on any atom is 0.255 e. The second-order valence-electron chi connectivity index (χ2n) is 7.90. The normalized spacial score (nSPS) is 17.2. The van der Waals surface area contributed by atoms with Crippen LogP contribution in [0.25, 0.3) is 5.82 Å². The third-order valence-electron chi connectivity index (χ3n) is 5.65. The number of amides is 3. The first-order chi connectivity index (χ1) is 15.6. The summed E-state index contributed by atoms with van der Waals surface area (Å²) in [5.74, 6) is -0.0802. The number of hydrogen-bond acceptors (Lipinski definition) is 5. The Morgan fingerprint density at radius 3 is 2.62 bits per heavy atom. The van der Waals surface area contributed by atoms with Crippen LogP contribution >= 0.6 is 0 Å². The van der Waals surface area contributed by atoms with Gasteiger partial charge in [-0.15, -0.1) is 0 Å². The molecule has 1 aliphatic heterocycles. The topological polar surface area (TPSA) is 109 Å². The highest BCUT2D eigenvalue weighted by Gasteiger charge is 2.47. The van der Waals surface area contributed by atoms with Gasteiger partial charge in [0, 0.05) is 36.7 Å². The molecule has 3 heterocycles. The van der Waals surface area contributed by atoms with Crippen molar-refractivity contribution >= 4 is 17.7 Å². The van der Waals surface area contributed by atoms with E-state index in [0.717, 1.165) is 18.4 Å². The number of aromatic nitrogens is 3. The number of pyridine rings is 1. The van der Waals surface area contributed by atoms with Gasteiger partial charge in [0.15, 0.2) is 5.82 Å². The number of carbonyl (C=O) groups excluding carboxylic acids is 3. The molecule has 1 saturated carbocycles. The average Bonchev–Trinajstić information content (AvgIpc) is 3.41. The van der Waals surface area contributed by atoms with E-state index in [1.807, 2.05) is 24.3 Å². The van der Waals surface area contributed by atoms with Crippen LogP contribution in [0.5, 0.6) is 0 Å². The molecule has 2 aromatic heterocycles. The molecule has 1 fully saturated rings. The summed E-state index contributed by atoms with van der Waals surface area (Å²) in [7, 11) is 0. The molecule has 1 atom stereocenters. The van der Waals surface area contributed by atoms with Crippen LogP contribution in [-0.4, -0.2) is 50.0 Å². The van der Waals surface area contributed by atoms with Gasteiger partial charge in [0.25, 0.3) is 5.91 Å². The fourth-order valence-electron chi connectivity index (χ4n) is 3.92. The van der Waals surface area contributed by atoms with E-state index in [1.54, 1.807) is 46.4 Å². The molecule has 1 aromatic carbocycles. The van der Waals surface area contributed by atoms with Crippen molar-refractivity contribution in [3.8, 4) is 5.82 Å². The third kappa shape index (κ3) is 3.84.